The lowest BCUT2D eigenvalue weighted by Gasteiger charge is -2.17. The summed E-state index contributed by atoms with van der Waals surface area (Å²) in [4.78, 5) is 0. The number of aryl methyl sites for hydroxylation is 3. The van der Waals surface area contributed by atoms with Crippen molar-refractivity contribution in [1.29, 1.82) is 0 Å². The van der Waals surface area contributed by atoms with Crippen molar-refractivity contribution in [1.82, 2.24) is 15.1 Å². The Morgan fingerprint density at radius 2 is 2.00 bits per heavy atom. The first-order valence-electron chi connectivity index (χ1n) is 5.86. The third-order valence-electron chi connectivity index (χ3n) is 3.05. The van der Waals surface area contributed by atoms with E-state index in [2.05, 4.69) is 48.5 Å². The molecular formula is C14H19N3. The summed E-state index contributed by atoms with van der Waals surface area (Å²) >= 11 is 0. The Hall–Kier alpha value is -1.61. The molecule has 0 fully saturated rings. The van der Waals surface area contributed by atoms with Crippen molar-refractivity contribution < 1.29 is 0 Å². The number of nitrogens with one attached hydrogen (secondary N) is 1. The van der Waals surface area contributed by atoms with E-state index in [0.29, 0.717) is 0 Å². The summed E-state index contributed by atoms with van der Waals surface area (Å²) < 4.78 is 1.84. The molecule has 90 valence electrons. The first kappa shape index (κ1) is 11.9. The van der Waals surface area contributed by atoms with E-state index in [-0.39, 0.29) is 6.04 Å². The van der Waals surface area contributed by atoms with Gasteiger partial charge in [0.2, 0.25) is 0 Å². The summed E-state index contributed by atoms with van der Waals surface area (Å²) in [7, 11) is 3.91. The summed E-state index contributed by atoms with van der Waals surface area (Å²) in [5, 5.41) is 7.81. The molecule has 1 aromatic heterocycles. The Morgan fingerprint density at radius 1 is 1.24 bits per heavy atom. The zero-order valence-electron chi connectivity index (χ0n) is 10.9. The maximum absolute atomic E-state index is 4.48. The summed E-state index contributed by atoms with van der Waals surface area (Å²) in [5.41, 5.74) is 4.94. The highest BCUT2D eigenvalue weighted by Crippen LogP contribution is 2.23. The molecule has 2 rings (SSSR count). The molecule has 1 atom stereocenters. The van der Waals surface area contributed by atoms with Crippen molar-refractivity contribution in [3.05, 3.63) is 52.8 Å². The molecule has 3 heteroatoms. The molecule has 0 aliphatic rings. The molecule has 2 aromatic rings. The highest BCUT2D eigenvalue weighted by atomic mass is 15.3. The molecule has 0 amide bonds. The van der Waals surface area contributed by atoms with Gasteiger partial charge in [0.1, 0.15) is 0 Å². The second-order valence-electron chi connectivity index (χ2n) is 4.50. The van der Waals surface area contributed by atoms with Gasteiger partial charge in [-0.1, -0.05) is 23.8 Å². The molecule has 0 aliphatic carbocycles. The van der Waals surface area contributed by atoms with Crippen LogP contribution in [-0.2, 0) is 7.05 Å². The molecular weight excluding hydrogens is 210 g/mol. The Bertz CT molecular complexity index is 514. The van der Waals surface area contributed by atoms with E-state index in [1.807, 2.05) is 25.0 Å². The van der Waals surface area contributed by atoms with E-state index in [4.69, 9.17) is 0 Å². The van der Waals surface area contributed by atoms with Gasteiger partial charge in [-0.15, -0.1) is 0 Å². The van der Waals surface area contributed by atoms with Gasteiger partial charge in [0.25, 0.3) is 0 Å². The predicted molar refractivity (Wildman–Crippen MR) is 70.0 cm³/mol. The molecule has 0 bridgehead atoms. The fraction of sp³-hybridized carbons (Fsp3) is 0.357. The second kappa shape index (κ2) is 4.72. The van der Waals surface area contributed by atoms with Crippen molar-refractivity contribution in [3.63, 3.8) is 0 Å². The van der Waals surface area contributed by atoms with E-state index < -0.39 is 0 Å². The van der Waals surface area contributed by atoms with Gasteiger partial charge < -0.3 is 5.32 Å². The van der Waals surface area contributed by atoms with Crippen LogP contribution < -0.4 is 5.32 Å². The van der Waals surface area contributed by atoms with Gasteiger partial charge >= 0.3 is 0 Å². The van der Waals surface area contributed by atoms with Crippen LogP contribution in [0.15, 0.2) is 30.5 Å². The lowest BCUT2D eigenvalue weighted by molar-refractivity contribution is 0.639. The van der Waals surface area contributed by atoms with Crippen molar-refractivity contribution >= 4 is 0 Å². The van der Waals surface area contributed by atoms with Crippen LogP contribution in [0.25, 0.3) is 0 Å². The lowest BCUT2D eigenvalue weighted by atomic mass is 9.97. The molecule has 1 N–H and O–H groups in total. The number of aromatic nitrogens is 2. The van der Waals surface area contributed by atoms with E-state index >= 15 is 0 Å². The fourth-order valence-electron chi connectivity index (χ4n) is 2.20. The average Bonchev–Trinajstić information content (AvgIpc) is 2.69. The molecule has 17 heavy (non-hydrogen) atoms. The third-order valence-corrected chi connectivity index (χ3v) is 3.05. The van der Waals surface area contributed by atoms with E-state index in [9.17, 15) is 0 Å². The van der Waals surface area contributed by atoms with Crippen molar-refractivity contribution in [2.24, 2.45) is 7.05 Å². The summed E-state index contributed by atoms with van der Waals surface area (Å²) in [6.07, 6.45) is 1.98. The van der Waals surface area contributed by atoms with Crippen LogP contribution in [0, 0.1) is 13.8 Å². The molecule has 3 nitrogen and oxygen atoms in total. The Morgan fingerprint density at radius 3 is 2.53 bits per heavy atom. The molecule has 0 saturated carbocycles. The number of benzene rings is 1. The molecule has 0 aliphatic heterocycles. The maximum atomic E-state index is 4.48. The monoisotopic (exact) mass is 229 g/mol. The standard InChI is InChI=1S/C14H19N3/c1-10-5-6-12(11(2)9-10)14(15-3)13-7-8-17(4)16-13/h5-9,14-15H,1-4H3. The largest absolute Gasteiger partial charge is 0.308 e. The van der Waals surface area contributed by atoms with Crippen LogP contribution in [0.5, 0.6) is 0 Å². The highest BCUT2D eigenvalue weighted by molar-refractivity contribution is 5.36. The first-order valence-corrected chi connectivity index (χ1v) is 5.86. The zero-order valence-corrected chi connectivity index (χ0v) is 10.9. The SMILES string of the molecule is CNC(c1ccn(C)n1)c1ccc(C)cc1C. The minimum atomic E-state index is 0.164. The average molecular weight is 229 g/mol. The van der Waals surface area contributed by atoms with Crippen molar-refractivity contribution in [2.75, 3.05) is 7.05 Å². The number of hydrogen-bond donors (Lipinski definition) is 1. The highest BCUT2D eigenvalue weighted by Gasteiger charge is 2.16. The lowest BCUT2D eigenvalue weighted by Crippen LogP contribution is -2.19. The smallest absolute Gasteiger partial charge is 0.0839 e. The van der Waals surface area contributed by atoms with E-state index in [0.717, 1.165) is 5.69 Å². The minimum absolute atomic E-state index is 0.164. The van der Waals surface area contributed by atoms with Crippen LogP contribution in [0.1, 0.15) is 28.4 Å². The third kappa shape index (κ3) is 2.39. The van der Waals surface area contributed by atoms with Crippen LogP contribution in [0.3, 0.4) is 0 Å². The molecule has 0 radical (unpaired) electrons. The number of rotatable bonds is 3. The van der Waals surface area contributed by atoms with Crippen LogP contribution in [0.2, 0.25) is 0 Å². The van der Waals surface area contributed by atoms with Gasteiger partial charge in [0, 0.05) is 13.2 Å². The number of hydrogen-bond acceptors (Lipinski definition) is 2. The first-order chi connectivity index (χ1) is 8.11. The predicted octanol–water partition coefficient (Wildman–Crippen LogP) is 2.35. The molecule has 1 heterocycles. The Balaban J connectivity index is 2.42. The normalized spacial score (nSPS) is 12.7. The van der Waals surface area contributed by atoms with Crippen LogP contribution in [0.4, 0.5) is 0 Å². The summed E-state index contributed by atoms with van der Waals surface area (Å²) in [6, 6.07) is 8.76. The summed E-state index contributed by atoms with van der Waals surface area (Å²) in [6.45, 7) is 4.27. The van der Waals surface area contributed by atoms with E-state index in [1.54, 1.807) is 0 Å². The minimum Gasteiger partial charge on any atom is -0.308 e. The Labute approximate surface area is 102 Å². The quantitative estimate of drug-likeness (QED) is 0.875. The topological polar surface area (TPSA) is 29.9 Å². The number of nitrogens with zero attached hydrogens (tertiary/aromatic N) is 2. The van der Waals surface area contributed by atoms with Crippen LogP contribution in [-0.4, -0.2) is 16.8 Å². The molecule has 1 aromatic carbocycles. The van der Waals surface area contributed by atoms with Gasteiger partial charge in [-0.2, -0.15) is 5.10 Å². The molecule has 0 spiro atoms. The second-order valence-corrected chi connectivity index (χ2v) is 4.50. The van der Waals surface area contributed by atoms with Crippen molar-refractivity contribution in [2.45, 2.75) is 19.9 Å². The van der Waals surface area contributed by atoms with Gasteiger partial charge in [-0.25, -0.2) is 0 Å². The van der Waals surface area contributed by atoms with Crippen LogP contribution >= 0.6 is 0 Å². The molecule has 1 unspecified atom stereocenters. The van der Waals surface area contributed by atoms with Gasteiger partial charge in [0.15, 0.2) is 0 Å². The van der Waals surface area contributed by atoms with E-state index in [1.165, 1.54) is 16.7 Å². The summed E-state index contributed by atoms with van der Waals surface area (Å²) in [5.74, 6) is 0. The maximum Gasteiger partial charge on any atom is 0.0839 e. The molecule has 0 saturated heterocycles. The van der Waals surface area contributed by atoms with Gasteiger partial charge in [-0.3, -0.25) is 4.68 Å². The Kier molecular flexibility index (Phi) is 3.29. The van der Waals surface area contributed by atoms with Gasteiger partial charge in [-0.05, 0) is 38.1 Å². The van der Waals surface area contributed by atoms with Gasteiger partial charge in [0.05, 0.1) is 11.7 Å². The zero-order chi connectivity index (χ0) is 12.4. The van der Waals surface area contributed by atoms with Crippen molar-refractivity contribution in [3.8, 4) is 0 Å². The fourth-order valence-corrected chi connectivity index (χ4v) is 2.20.